The number of benzene rings is 3. The average Bonchev–Trinajstić information content (AvgIpc) is 3.24. The summed E-state index contributed by atoms with van der Waals surface area (Å²) in [6, 6.07) is 24.2. The lowest BCUT2D eigenvalue weighted by molar-refractivity contribution is 0.0921. The third-order valence-corrected chi connectivity index (χ3v) is 4.30. The van der Waals surface area contributed by atoms with Crippen LogP contribution in [0.25, 0.3) is 22.8 Å². The minimum absolute atomic E-state index is 0.0108. The second-order valence-corrected chi connectivity index (χ2v) is 6.39. The maximum Gasteiger partial charge on any atom is 0.258 e. The number of hydrogen-bond donors (Lipinski definition) is 0. The summed E-state index contributed by atoms with van der Waals surface area (Å²) in [4.78, 5) is 16.6. The summed E-state index contributed by atoms with van der Waals surface area (Å²) in [5, 5.41) is 4.05. The Labute approximate surface area is 162 Å². The third kappa shape index (κ3) is 3.99. The molecule has 0 saturated carbocycles. The van der Waals surface area contributed by atoms with Crippen molar-refractivity contribution in [2.75, 3.05) is 6.61 Å². The topological polar surface area (TPSA) is 65.2 Å². The Balaban J connectivity index is 1.42. The summed E-state index contributed by atoms with van der Waals surface area (Å²) in [5.74, 6) is 1.52. The van der Waals surface area contributed by atoms with Crippen LogP contribution in [0.2, 0.25) is 0 Å². The summed E-state index contributed by atoms with van der Waals surface area (Å²) >= 11 is 0. The minimum atomic E-state index is -0.0643. The molecule has 0 saturated heterocycles. The van der Waals surface area contributed by atoms with E-state index in [1.165, 1.54) is 5.56 Å². The fourth-order valence-electron chi connectivity index (χ4n) is 2.71. The molecule has 4 aromatic rings. The molecule has 0 fully saturated rings. The number of Topliss-reactive ketones (excluding diaryl/α,β-unsaturated/α-hetero) is 1. The Bertz CT molecular complexity index is 1070. The molecule has 0 radical (unpaired) electrons. The molecule has 0 aliphatic heterocycles. The molecular weight excluding hydrogens is 352 g/mol. The summed E-state index contributed by atoms with van der Waals surface area (Å²) in [6.07, 6.45) is 0. The highest BCUT2D eigenvalue weighted by Crippen LogP contribution is 2.24. The van der Waals surface area contributed by atoms with Gasteiger partial charge >= 0.3 is 0 Å². The van der Waals surface area contributed by atoms with Gasteiger partial charge in [-0.15, -0.1) is 0 Å². The molecule has 138 valence electrons. The fourth-order valence-corrected chi connectivity index (χ4v) is 2.71. The molecule has 0 aliphatic rings. The molecule has 0 unspecified atom stereocenters. The highest BCUT2D eigenvalue weighted by Gasteiger charge is 2.11. The van der Waals surface area contributed by atoms with Crippen molar-refractivity contribution in [1.29, 1.82) is 0 Å². The molecule has 5 heteroatoms. The average molecular weight is 370 g/mol. The standard InChI is InChI=1S/C23H18N2O3/c1-16-7-9-19(10-8-16)23-24-22(25-28-23)18-11-13-20(14-12-18)27-15-21(26)17-5-3-2-4-6-17/h2-14H,15H2,1H3. The van der Waals surface area contributed by atoms with Gasteiger partial charge in [-0.25, -0.2) is 0 Å². The van der Waals surface area contributed by atoms with Gasteiger partial charge in [0.05, 0.1) is 0 Å². The van der Waals surface area contributed by atoms with Crippen molar-refractivity contribution in [3.05, 3.63) is 90.0 Å². The van der Waals surface area contributed by atoms with Gasteiger partial charge in [0.25, 0.3) is 5.89 Å². The first-order chi connectivity index (χ1) is 13.7. The van der Waals surface area contributed by atoms with E-state index < -0.39 is 0 Å². The number of nitrogens with zero attached hydrogens (tertiary/aromatic N) is 2. The monoisotopic (exact) mass is 370 g/mol. The van der Waals surface area contributed by atoms with Crippen LogP contribution in [0.5, 0.6) is 5.75 Å². The molecule has 0 spiro atoms. The van der Waals surface area contributed by atoms with E-state index in [4.69, 9.17) is 9.26 Å². The van der Waals surface area contributed by atoms with Gasteiger partial charge in [-0.3, -0.25) is 4.79 Å². The third-order valence-electron chi connectivity index (χ3n) is 4.30. The Morgan fingerprint density at radius 2 is 1.57 bits per heavy atom. The normalized spacial score (nSPS) is 10.6. The van der Waals surface area contributed by atoms with Crippen molar-refractivity contribution in [3.63, 3.8) is 0 Å². The van der Waals surface area contributed by atoms with Gasteiger partial charge in [0, 0.05) is 16.7 Å². The molecule has 5 nitrogen and oxygen atoms in total. The molecule has 1 heterocycles. The summed E-state index contributed by atoms with van der Waals surface area (Å²) in [7, 11) is 0. The van der Waals surface area contributed by atoms with Gasteiger partial charge < -0.3 is 9.26 Å². The zero-order valence-electron chi connectivity index (χ0n) is 15.3. The van der Waals surface area contributed by atoms with Crippen molar-refractivity contribution in [1.82, 2.24) is 10.1 Å². The van der Waals surface area contributed by atoms with Gasteiger partial charge in [-0.1, -0.05) is 53.2 Å². The number of ether oxygens (including phenoxy) is 1. The quantitative estimate of drug-likeness (QED) is 0.448. The van der Waals surface area contributed by atoms with Crippen molar-refractivity contribution >= 4 is 5.78 Å². The second kappa shape index (κ2) is 7.88. The lowest BCUT2D eigenvalue weighted by Gasteiger charge is -2.06. The SMILES string of the molecule is Cc1ccc(-c2nc(-c3ccc(OCC(=O)c4ccccc4)cc3)no2)cc1. The highest BCUT2D eigenvalue weighted by molar-refractivity contribution is 5.97. The number of rotatable bonds is 6. The zero-order valence-corrected chi connectivity index (χ0v) is 15.3. The van der Waals surface area contributed by atoms with Crippen molar-refractivity contribution in [3.8, 4) is 28.6 Å². The molecule has 0 atom stereocenters. The van der Waals surface area contributed by atoms with Crippen LogP contribution in [0.1, 0.15) is 15.9 Å². The molecule has 1 aromatic heterocycles. The van der Waals surface area contributed by atoms with Crippen LogP contribution in [0.4, 0.5) is 0 Å². The number of ketones is 1. The molecule has 0 amide bonds. The Morgan fingerprint density at radius 1 is 0.893 bits per heavy atom. The Kier molecular flexibility index (Phi) is 4.97. The number of aromatic nitrogens is 2. The lowest BCUT2D eigenvalue weighted by atomic mass is 10.1. The zero-order chi connectivity index (χ0) is 19.3. The highest BCUT2D eigenvalue weighted by atomic mass is 16.5. The molecule has 28 heavy (non-hydrogen) atoms. The first-order valence-corrected chi connectivity index (χ1v) is 8.91. The maximum absolute atomic E-state index is 12.1. The van der Waals surface area contributed by atoms with Gasteiger partial charge in [0.2, 0.25) is 5.82 Å². The van der Waals surface area contributed by atoms with E-state index in [9.17, 15) is 4.79 Å². The molecular formula is C23H18N2O3. The lowest BCUT2D eigenvalue weighted by Crippen LogP contribution is -2.11. The van der Waals surface area contributed by atoms with E-state index in [-0.39, 0.29) is 12.4 Å². The van der Waals surface area contributed by atoms with Crippen LogP contribution in [-0.2, 0) is 0 Å². The predicted molar refractivity (Wildman–Crippen MR) is 106 cm³/mol. The first kappa shape index (κ1) is 17.7. The Hall–Kier alpha value is -3.73. The van der Waals surface area contributed by atoms with Crippen molar-refractivity contribution in [2.24, 2.45) is 0 Å². The van der Waals surface area contributed by atoms with E-state index >= 15 is 0 Å². The number of carbonyl (C=O) groups excluding carboxylic acids is 1. The smallest absolute Gasteiger partial charge is 0.258 e. The molecule has 3 aromatic carbocycles. The summed E-state index contributed by atoms with van der Waals surface area (Å²) < 4.78 is 11.0. The minimum Gasteiger partial charge on any atom is -0.485 e. The second-order valence-electron chi connectivity index (χ2n) is 6.39. The van der Waals surface area contributed by atoms with Gasteiger partial charge in [-0.2, -0.15) is 4.98 Å². The molecule has 0 N–H and O–H groups in total. The summed E-state index contributed by atoms with van der Waals surface area (Å²) in [6.45, 7) is 2.02. The van der Waals surface area contributed by atoms with Crippen LogP contribution in [0.15, 0.2) is 83.4 Å². The molecule has 4 rings (SSSR count). The number of hydrogen-bond acceptors (Lipinski definition) is 5. The van der Waals surface area contributed by atoms with Crippen molar-refractivity contribution < 1.29 is 14.1 Å². The van der Waals surface area contributed by atoms with E-state index in [1.54, 1.807) is 24.3 Å². The van der Waals surface area contributed by atoms with Crippen LogP contribution in [-0.4, -0.2) is 22.5 Å². The van der Waals surface area contributed by atoms with Crippen LogP contribution in [0.3, 0.4) is 0 Å². The molecule has 0 bridgehead atoms. The van der Waals surface area contributed by atoms with Gasteiger partial charge in [-0.05, 0) is 43.3 Å². The maximum atomic E-state index is 12.1. The van der Waals surface area contributed by atoms with E-state index in [2.05, 4.69) is 10.1 Å². The van der Waals surface area contributed by atoms with Gasteiger partial charge in [0.1, 0.15) is 5.75 Å². The fraction of sp³-hybridized carbons (Fsp3) is 0.0870. The van der Waals surface area contributed by atoms with E-state index in [0.717, 1.165) is 11.1 Å². The van der Waals surface area contributed by atoms with E-state index in [1.807, 2.05) is 61.5 Å². The Morgan fingerprint density at radius 3 is 2.29 bits per heavy atom. The van der Waals surface area contributed by atoms with Crippen LogP contribution in [0, 0.1) is 6.92 Å². The van der Waals surface area contributed by atoms with Crippen LogP contribution >= 0.6 is 0 Å². The largest absolute Gasteiger partial charge is 0.485 e. The summed E-state index contributed by atoms with van der Waals surface area (Å²) in [5.41, 5.74) is 3.49. The molecule has 0 aliphatic carbocycles. The predicted octanol–water partition coefficient (Wildman–Crippen LogP) is 4.97. The number of aryl methyl sites for hydroxylation is 1. The number of carbonyl (C=O) groups is 1. The van der Waals surface area contributed by atoms with Crippen LogP contribution < -0.4 is 4.74 Å². The van der Waals surface area contributed by atoms with Crippen molar-refractivity contribution in [2.45, 2.75) is 6.92 Å². The first-order valence-electron chi connectivity index (χ1n) is 8.91. The van der Waals surface area contributed by atoms with E-state index in [0.29, 0.717) is 23.0 Å². The van der Waals surface area contributed by atoms with Gasteiger partial charge in [0.15, 0.2) is 12.4 Å².